The zero-order valence-corrected chi connectivity index (χ0v) is 15.4. The summed E-state index contributed by atoms with van der Waals surface area (Å²) in [5, 5.41) is 19.1. The lowest BCUT2D eigenvalue weighted by Gasteiger charge is -2.18. The molecule has 2 amide bonds. The summed E-state index contributed by atoms with van der Waals surface area (Å²) in [7, 11) is 0. The highest BCUT2D eigenvalue weighted by Gasteiger charge is 2.21. The van der Waals surface area contributed by atoms with E-state index in [0.717, 1.165) is 0 Å². The number of nitro benzene ring substituents is 1. The highest BCUT2D eigenvalue weighted by molar-refractivity contribution is 5.95. The van der Waals surface area contributed by atoms with E-state index in [-0.39, 0.29) is 24.0 Å². The van der Waals surface area contributed by atoms with Crippen LogP contribution in [0.3, 0.4) is 0 Å². The van der Waals surface area contributed by atoms with Gasteiger partial charge < -0.3 is 16.0 Å². The first-order chi connectivity index (χ1) is 12.6. The molecule has 0 spiro atoms. The summed E-state index contributed by atoms with van der Waals surface area (Å²) in [4.78, 5) is 34.2. The van der Waals surface area contributed by atoms with E-state index < -0.39 is 10.3 Å². The molecule has 0 heterocycles. The molecule has 0 saturated carbocycles. The van der Waals surface area contributed by atoms with Gasteiger partial charge in [-0.3, -0.25) is 19.7 Å². The van der Waals surface area contributed by atoms with E-state index in [1.807, 2.05) is 20.8 Å². The zero-order chi connectivity index (χ0) is 20.0. The second-order valence-corrected chi connectivity index (χ2v) is 6.99. The van der Waals surface area contributed by atoms with Gasteiger partial charge in [0.25, 0.3) is 5.69 Å². The number of hydrogen-bond donors (Lipinski definition) is 3. The standard InChI is InChI=1S/C19H22N4O4/c1-19(2,3)18(25)22-15-6-4-5-14(11-15)20-12-17(24)21-13-7-9-16(10-8-13)23(26)27/h4-11,20H,12H2,1-3H3,(H,21,24)(H,22,25). The van der Waals surface area contributed by atoms with Gasteiger partial charge in [-0.2, -0.15) is 0 Å². The van der Waals surface area contributed by atoms with Crippen molar-refractivity contribution in [2.24, 2.45) is 5.41 Å². The second-order valence-electron chi connectivity index (χ2n) is 6.99. The maximum Gasteiger partial charge on any atom is 0.269 e. The predicted molar refractivity (Wildman–Crippen MR) is 105 cm³/mol. The molecule has 0 unspecified atom stereocenters. The smallest absolute Gasteiger partial charge is 0.269 e. The minimum atomic E-state index is -0.506. The molecule has 0 aliphatic heterocycles. The molecule has 0 atom stereocenters. The number of rotatable bonds is 6. The van der Waals surface area contributed by atoms with Crippen LogP contribution in [0.4, 0.5) is 22.7 Å². The van der Waals surface area contributed by atoms with E-state index in [2.05, 4.69) is 16.0 Å². The van der Waals surface area contributed by atoms with Gasteiger partial charge in [0.05, 0.1) is 11.5 Å². The molecule has 2 rings (SSSR count). The Kier molecular flexibility index (Phi) is 6.12. The van der Waals surface area contributed by atoms with Crippen LogP contribution >= 0.6 is 0 Å². The Balaban J connectivity index is 1.90. The van der Waals surface area contributed by atoms with Crippen LogP contribution < -0.4 is 16.0 Å². The van der Waals surface area contributed by atoms with Crippen LogP contribution in [0.15, 0.2) is 48.5 Å². The van der Waals surface area contributed by atoms with Crippen molar-refractivity contribution in [2.75, 3.05) is 22.5 Å². The summed E-state index contributed by atoms with van der Waals surface area (Å²) in [6.45, 7) is 5.49. The minimum Gasteiger partial charge on any atom is -0.376 e. The highest BCUT2D eigenvalue weighted by atomic mass is 16.6. The normalized spacial score (nSPS) is 10.8. The number of nitrogens with one attached hydrogen (secondary N) is 3. The lowest BCUT2D eigenvalue weighted by molar-refractivity contribution is -0.384. The lowest BCUT2D eigenvalue weighted by Crippen LogP contribution is -2.27. The average Bonchev–Trinajstić information content (AvgIpc) is 2.60. The maximum absolute atomic E-state index is 12.0. The van der Waals surface area contributed by atoms with Crippen molar-refractivity contribution in [3.8, 4) is 0 Å². The first-order valence-electron chi connectivity index (χ1n) is 8.35. The number of carbonyl (C=O) groups is 2. The fraction of sp³-hybridized carbons (Fsp3) is 0.263. The average molecular weight is 370 g/mol. The number of anilines is 3. The van der Waals surface area contributed by atoms with Crippen molar-refractivity contribution < 1.29 is 14.5 Å². The number of nitrogens with zero attached hydrogens (tertiary/aromatic N) is 1. The Labute approximate surface area is 157 Å². The molecule has 0 radical (unpaired) electrons. The molecule has 142 valence electrons. The first-order valence-corrected chi connectivity index (χ1v) is 8.35. The highest BCUT2D eigenvalue weighted by Crippen LogP contribution is 2.20. The van der Waals surface area contributed by atoms with E-state index in [0.29, 0.717) is 17.1 Å². The van der Waals surface area contributed by atoms with Gasteiger partial charge in [0.2, 0.25) is 11.8 Å². The van der Waals surface area contributed by atoms with Gasteiger partial charge in [-0.1, -0.05) is 26.8 Å². The van der Waals surface area contributed by atoms with E-state index >= 15 is 0 Å². The van der Waals surface area contributed by atoms with E-state index in [9.17, 15) is 19.7 Å². The third kappa shape index (κ3) is 6.10. The van der Waals surface area contributed by atoms with Crippen LogP contribution in [0.1, 0.15) is 20.8 Å². The van der Waals surface area contributed by atoms with Crippen LogP contribution in [-0.2, 0) is 9.59 Å². The molecule has 0 saturated heterocycles. The molecule has 27 heavy (non-hydrogen) atoms. The molecular formula is C19H22N4O4. The minimum absolute atomic E-state index is 0.00760. The van der Waals surface area contributed by atoms with E-state index in [4.69, 9.17) is 0 Å². The van der Waals surface area contributed by atoms with Crippen LogP contribution in [0.5, 0.6) is 0 Å². The monoisotopic (exact) mass is 370 g/mol. The Morgan fingerprint density at radius 1 is 0.963 bits per heavy atom. The molecule has 2 aromatic rings. The molecule has 8 heteroatoms. The molecule has 8 nitrogen and oxygen atoms in total. The molecule has 0 aliphatic carbocycles. The van der Waals surface area contributed by atoms with Gasteiger partial charge in [-0.05, 0) is 30.3 Å². The predicted octanol–water partition coefficient (Wildman–Crippen LogP) is 3.63. The largest absolute Gasteiger partial charge is 0.376 e. The number of carbonyl (C=O) groups excluding carboxylic acids is 2. The summed E-state index contributed by atoms with van der Waals surface area (Å²) in [6.07, 6.45) is 0. The first kappa shape index (κ1) is 19.9. The molecule has 0 aliphatic rings. The topological polar surface area (TPSA) is 113 Å². The van der Waals surface area contributed by atoms with Gasteiger partial charge in [0.15, 0.2) is 0 Å². The Morgan fingerprint density at radius 2 is 1.59 bits per heavy atom. The van der Waals surface area contributed by atoms with Gasteiger partial charge in [-0.15, -0.1) is 0 Å². The van der Waals surface area contributed by atoms with Crippen molar-refractivity contribution in [3.63, 3.8) is 0 Å². The van der Waals surface area contributed by atoms with Gasteiger partial charge in [0, 0.05) is 34.6 Å². The fourth-order valence-electron chi connectivity index (χ4n) is 2.08. The molecule has 0 bridgehead atoms. The second kappa shape index (κ2) is 8.31. The van der Waals surface area contributed by atoms with Crippen LogP contribution in [0.2, 0.25) is 0 Å². The van der Waals surface area contributed by atoms with E-state index in [1.54, 1.807) is 24.3 Å². The summed E-state index contributed by atoms with van der Waals surface area (Å²) in [5.74, 6) is -0.399. The van der Waals surface area contributed by atoms with Gasteiger partial charge in [0.1, 0.15) is 0 Å². The van der Waals surface area contributed by atoms with Crippen molar-refractivity contribution in [1.82, 2.24) is 0 Å². The molecular weight excluding hydrogens is 348 g/mol. The summed E-state index contributed by atoms with van der Waals surface area (Å²) in [5.41, 5.74) is 1.24. The number of amides is 2. The zero-order valence-electron chi connectivity index (χ0n) is 15.4. The number of nitro groups is 1. The van der Waals surface area contributed by atoms with Crippen molar-refractivity contribution in [2.45, 2.75) is 20.8 Å². The molecule has 2 aromatic carbocycles. The molecule has 0 fully saturated rings. The van der Waals surface area contributed by atoms with Crippen LogP contribution in [0, 0.1) is 15.5 Å². The van der Waals surface area contributed by atoms with Crippen molar-refractivity contribution in [3.05, 3.63) is 58.6 Å². The maximum atomic E-state index is 12.0. The quantitative estimate of drug-likeness (QED) is 0.531. The third-order valence-corrected chi connectivity index (χ3v) is 3.62. The Morgan fingerprint density at radius 3 is 2.19 bits per heavy atom. The Bertz CT molecular complexity index is 842. The summed E-state index contributed by atoms with van der Waals surface area (Å²) < 4.78 is 0. The fourth-order valence-corrected chi connectivity index (χ4v) is 2.08. The molecule has 3 N–H and O–H groups in total. The number of hydrogen-bond acceptors (Lipinski definition) is 5. The van der Waals surface area contributed by atoms with E-state index in [1.165, 1.54) is 24.3 Å². The SMILES string of the molecule is CC(C)(C)C(=O)Nc1cccc(NCC(=O)Nc2ccc([N+](=O)[O-])cc2)c1. The summed E-state index contributed by atoms with van der Waals surface area (Å²) >= 11 is 0. The number of non-ortho nitro benzene ring substituents is 1. The number of benzene rings is 2. The van der Waals surface area contributed by atoms with Crippen LogP contribution in [-0.4, -0.2) is 23.3 Å². The third-order valence-electron chi connectivity index (χ3n) is 3.62. The molecule has 0 aromatic heterocycles. The van der Waals surface area contributed by atoms with Crippen molar-refractivity contribution >= 4 is 34.6 Å². The van der Waals surface area contributed by atoms with Gasteiger partial charge in [-0.25, -0.2) is 0 Å². The van der Waals surface area contributed by atoms with Crippen LogP contribution in [0.25, 0.3) is 0 Å². The van der Waals surface area contributed by atoms with Crippen molar-refractivity contribution in [1.29, 1.82) is 0 Å². The Hall–Kier alpha value is -3.42. The summed E-state index contributed by atoms with van der Waals surface area (Å²) in [6, 6.07) is 12.7. The van der Waals surface area contributed by atoms with Gasteiger partial charge >= 0.3 is 0 Å². The lowest BCUT2D eigenvalue weighted by atomic mass is 9.95.